The molecule has 5 heteroatoms. The summed E-state index contributed by atoms with van der Waals surface area (Å²) in [5.41, 5.74) is 1.19. The summed E-state index contributed by atoms with van der Waals surface area (Å²) in [7, 11) is 0. The number of aliphatic imine (C=N–C) groups is 1. The lowest BCUT2D eigenvalue weighted by Gasteiger charge is -2.32. The van der Waals surface area contributed by atoms with Gasteiger partial charge in [-0.1, -0.05) is 42.5 Å². The molecule has 0 N–H and O–H groups in total. The zero-order valence-corrected chi connectivity index (χ0v) is 16.4. The average molecular weight is 451 g/mol. The summed E-state index contributed by atoms with van der Waals surface area (Å²) >= 11 is 7.07. The molecule has 3 nitrogen and oxygen atoms in total. The van der Waals surface area contributed by atoms with Crippen LogP contribution in [0.2, 0.25) is 0 Å². The predicted octanol–water partition coefficient (Wildman–Crippen LogP) is 5.76. The van der Waals surface area contributed by atoms with Crippen LogP contribution in [0.25, 0.3) is 6.08 Å². The van der Waals surface area contributed by atoms with Crippen molar-refractivity contribution in [3.63, 3.8) is 0 Å². The first-order chi connectivity index (χ1) is 11.6. The van der Waals surface area contributed by atoms with Crippen LogP contribution in [-0.4, -0.2) is 24.7 Å². The van der Waals surface area contributed by atoms with Gasteiger partial charge in [-0.3, -0.25) is 0 Å². The van der Waals surface area contributed by atoms with Crippen molar-refractivity contribution in [2.75, 3.05) is 13.2 Å². The monoisotopic (exact) mass is 449 g/mol. The lowest BCUT2D eigenvalue weighted by atomic mass is 10.0. The number of hydrogen-bond acceptors (Lipinski definition) is 3. The number of benzene rings is 2. The molecule has 0 radical (unpaired) electrons. The zero-order valence-electron chi connectivity index (χ0n) is 13.2. The van der Waals surface area contributed by atoms with Gasteiger partial charge in [-0.2, -0.15) is 0 Å². The highest BCUT2D eigenvalue weighted by atomic mass is 79.9. The minimum atomic E-state index is -0.706. The lowest BCUT2D eigenvalue weighted by molar-refractivity contribution is -0.0187. The van der Waals surface area contributed by atoms with Crippen molar-refractivity contribution >= 4 is 49.5 Å². The third-order valence-electron chi connectivity index (χ3n) is 3.69. The Bertz CT molecular complexity index is 754. The molecule has 124 valence electrons. The number of nitrogens with zero attached hydrogens (tertiary/aromatic N) is 1. The molecular formula is C19H17Br2NO2. The highest BCUT2D eigenvalue weighted by molar-refractivity contribution is 9.11. The van der Waals surface area contributed by atoms with Gasteiger partial charge in [-0.05, 0) is 62.6 Å². The summed E-state index contributed by atoms with van der Waals surface area (Å²) in [6.45, 7) is 3.00. The van der Waals surface area contributed by atoms with E-state index in [1.807, 2.05) is 67.6 Å². The molecule has 1 saturated heterocycles. The summed E-state index contributed by atoms with van der Waals surface area (Å²) < 4.78 is 13.6. The maximum Gasteiger partial charge on any atom is 0.225 e. The van der Waals surface area contributed by atoms with E-state index in [1.165, 1.54) is 0 Å². The number of hydrogen-bond donors (Lipinski definition) is 0. The standard InChI is InChI=1S/C19H17Br2NO2/c1-19(11-10-14-6-3-2-4-7-14)18(23-12-13-24-19)22-17-15(20)8-5-9-16(17)21/h2-11H,12-13H2,1H3/b11-10+,22-18?. The van der Waals surface area contributed by atoms with E-state index in [4.69, 9.17) is 14.5 Å². The van der Waals surface area contributed by atoms with E-state index in [0.29, 0.717) is 19.1 Å². The SMILES string of the molecule is CC1(/C=C/c2ccccc2)OCCOC1=Nc1c(Br)cccc1Br. The number of rotatable bonds is 3. The van der Waals surface area contributed by atoms with Gasteiger partial charge in [-0.15, -0.1) is 0 Å². The Balaban J connectivity index is 1.96. The van der Waals surface area contributed by atoms with Crippen molar-refractivity contribution < 1.29 is 9.47 Å². The second kappa shape index (κ2) is 7.64. The fourth-order valence-electron chi connectivity index (χ4n) is 2.38. The van der Waals surface area contributed by atoms with Gasteiger partial charge in [0.25, 0.3) is 0 Å². The van der Waals surface area contributed by atoms with Gasteiger partial charge >= 0.3 is 0 Å². The van der Waals surface area contributed by atoms with Crippen molar-refractivity contribution in [2.24, 2.45) is 4.99 Å². The van der Waals surface area contributed by atoms with Crippen LogP contribution in [0.1, 0.15) is 12.5 Å². The maximum absolute atomic E-state index is 5.98. The second-order valence-corrected chi connectivity index (χ2v) is 7.24. The molecule has 0 saturated carbocycles. The van der Waals surface area contributed by atoms with Gasteiger partial charge < -0.3 is 9.47 Å². The van der Waals surface area contributed by atoms with E-state index in [2.05, 4.69) is 31.9 Å². The Labute approximate surface area is 158 Å². The summed E-state index contributed by atoms with van der Waals surface area (Å²) in [6.07, 6.45) is 4.02. The van der Waals surface area contributed by atoms with Crippen LogP contribution in [0.3, 0.4) is 0 Å². The Morgan fingerprint density at radius 2 is 1.71 bits per heavy atom. The highest BCUT2D eigenvalue weighted by Gasteiger charge is 2.34. The molecule has 1 atom stereocenters. The first-order valence-electron chi connectivity index (χ1n) is 7.63. The van der Waals surface area contributed by atoms with Crippen LogP contribution in [0, 0.1) is 0 Å². The third-order valence-corrected chi connectivity index (χ3v) is 4.97. The number of halogens is 2. The van der Waals surface area contributed by atoms with Gasteiger partial charge in [0.1, 0.15) is 6.61 Å². The summed E-state index contributed by atoms with van der Waals surface area (Å²) in [6, 6.07) is 16.0. The molecular weight excluding hydrogens is 434 g/mol. The van der Waals surface area contributed by atoms with Crippen LogP contribution in [0.5, 0.6) is 0 Å². The lowest BCUT2D eigenvalue weighted by Crippen LogP contribution is -2.43. The van der Waals surface area contributed by atoms with Crippen molar-refractivity contribution in [3.05, 3.63) is 69.1 Å². The van der Waals surface area contributed by atoms with E-state index in [1.54, 1.807) is 0 Å². The van der Waals surface area contributed by atoms with E-state index in [9.17, 15) is 0 Å². The Morgan fingerprint density at radius 3 is 2.42 bits per heavy atom. The Morgan fingerprint density at radius 1 is 1.00 bits per heavy atom. The Hall–Kier alpha value is -1.43. The maximum atomic E-state index is 5.98. The largest absolute Gasteiger partial charge is 0.476 e. The van der Waals surface area contributed by atoms with Crippen LogP contribution in [-0.2, 0) is 9.47 Å². The topological polar surface area (TPSA) is 30.8 Å². The zero-order chi connectivity index (χ0) is 17.0. The van der Waals surface area contributed by atoms with E-state index in [-0.39, 0.29) is 0 Å². The van der Waals surface area contributed by atoms with Gasteiger partial charge in [0.2, 0.25) is 5.90 Å². The molecule has 1 aliphatic rings. The van der Waals surface area contributed by atoms with Crippen molar-refractivity contribution in [1.82, 2.24) is 0 Å². The normalized spacial score (nSPS) is 22.7. The van der Waals surface area contributed by atoms with Crippen molar-refractivity contribution in [2.45, 2.75) is 12.5 Å². The third kappa shape index (κ3) is 3.97. The number of ether oxygens (including phenoxy) is 2. The molecule has 1 aliphatic heterocycles. The smallest absolute Gasteiger partial charge is 0.225 e. The molecule has 0 spiro atoms. The van der Waals surface area contributed by atoms with Crippen LogP contribution >= 0.6 is 31.9 Å². The van der Waals surface area contributed by atoms with Crippen LogP contribution in [0.15, 0.2) is 68.5 Å². The second-order valence-electron chi connectivity index (χ2n) is 5.54. The molecule has 24 heavy (non-hydrogen) atoms. The molecule has 1 heterocycles. The molecule has 0 bridgehead atoms. The van der Waals surface area contributed by atoms with Crippen molar-refractivity contribution in [1.29, 1.82) is 0 Å². The van der Waals surface area contributed by atoms with Crippen LogP contribution in [0.4, 0.5) is 5.69 Å². The predicted molar refractivity (Wildman–Crippen MR) is 105 cm³/mol. The first-order valence-corrected chi connectivity index (χ1v) is 9.21. The summed E-state index contributed by atoms with van der Waals surface area (Å²) in [4.78, 5) is 4.71. The average Bonchev–Trinajstić information content (AvgIpc) is 2.59. The number of para-hydroxylation sites is 1. The molecule has 0 aromatic heterocycles. The molecule has 1 unspecified atom stereocenters. The molecule has 3 rings (SSSR count). The van der Waals surface area contributed by atoms with E-state index < -0.39 is 5.60 Å². The highest BCUT2D eigenvalue weighted by Crippen LogP contribution is 2.35. The fourth-order valence-corrected chi connectivity index (χ4v) is 3.55. The molecule has 1 fully saturated rings. The quantitative estimate of drug-likeness (QED) is 0.595. The molecule has 2 aromatic carbocycles. The minimum Gasteiger partial charge on any atom is -0.476 e. The van der Waals surface area contributed by atoms with E-state index >= 15 is 0 Å². The van der Waals surface area contributed by atoms with Gasteiger partial charge in [0.05, 0.1) is 12.3 Å². The summed E-state index contributed by atoms with van der Waals surface area (Å²) in [5, 5.41) is 0. The molecule has 0 aliphatic carbocycles. The molecule has 2 aromatic rings. The van der Waals surface area contributed by atoms with E-state index in [0.717, 1.165) is 20.2 Å². The van der Waals surface area contributed by atoms with Gasteiger partial charge in [-0.25, -0.2) is 4.99 Å². The van der Waals surface area contributed by atoms with Crippen LogP contribution < -0.4 is 0 Å². The fraction of sp³-hybridized carbons (Fsp3) is 0.211. The van der Waals surface area contributed by atoms with Gasteiger partial charge in [0, 0.05) is 8.95 Å². The first kappa shape index (κ1) is 17.4. The minimum absolute atomic E-state index is 0.496. The summed E-state index contributed by atoms with van der Waals surface area (Å²) in [5.74, 6) is 0.550. The Kier molecular flexibility index (Phi) is 5.54. The van der Waals surface area contributed by atoms with Crippen molar-refractivity contribution in [3.8, 4) is 0 Å². The molecule has 0 amide bonds. The van der Waals surface area contributed by atoms with Gasteiger partial charge in [0.15, 0.2) is 5.60 Å².